The van der Waals surface area contributed by atoms with E-state index in [4.69, 9.17) is 0 Å². The van der Waals surface area contributed by atoms with E-state index in [0.29, 0.717) is 13.0 Å². The molecule has 1 heterocycles. The molecule has 6 rings (SSSR count). The van der Waals surface area contributed by atoms with Crippen molar-refractivity contribution in [2.45, 2.75) is 62.9 Å². The lowest BCUT2D eigenvalue weighted by molar-refractivity contribution is -0.120. The molecule has 41 heavy (non-hydrogen) atoms. The number of carbonyl (C=O) groups is 1. The quantitative estimate of drug-likeness (QED) is 0.268. The number of pyridine rings is 1. The van der Waals surface area contributed by atoms with Gasteiger partial charge in [-0.15, -0.1) is 0 Å². The highest BCUT2D eigenvalue weighted by Gasteiger charge is 2.46. The van der Waals surface area contributed by atoms with Crippen LogP contribution in [0.2, 0.25) is 0 Å². The highest BCUT2D eigenvalue weighted by Crippen LogP contribution is 2.49. The first-order chi connectivity index (χ1) is 19.8. The molecule has 1 amide bonds. The predicted molar refractivity (Wildman–Crippen MR) is 161 cm³/mol. The van der Waals surface area contributed by atoms with Crippen molar-refractivity contribution < 1.29 is 13.2 Å². The lowest BCUT2D eigenvalue weighted by Gasteiger charge is -2.29. The molecule has 3 atom stereocenters. The maximum Gasteiger partial charge on any atom is 0.241 e. The number of hydrogen-bond donors (Lipinski definition) is 1. The highest BCUT2D eigenvalue weighted by atomic mass is 32.2. The van der Waals surface area contributed by atoms with Gasteiger partial charge < -0.3 is 4.90 Å². The highest BCUT2D eigenvalue weighted by molar-refractivity contribution is 7.89. The fraction of sp³-hybridized carbons (Fsp3) is 0.294. The molecular formula is C34H35N3O3S. The number of nitrogens with one attached hydrogen (secondary N) is 1. The number of carbonyl (C=O) groups excluding carboxylic acids is 1. The number of rotatable bonds is 8. The summed E-state index contributed by atoms with van der Waals surface area (Å²) < 4.78 is 29.7. The summed E-state index contributed by atoms with van der Waals surface area (Å²) in [5.74, 6) is 0.201. The van der Waals surface area contributed by atoms with Gasteiger partial charge in [-0.2, -0.15) is 0 Å². The van der Waals surface area contributed by atoms with Crippen LogP contribution in [0.25, 0.3) is 0 Å². The second-order valence-electron chi connectivity index (χ2n) is 11.3. The van der Waals surface area contributed by atoms with Crippen molar-refractivity contribution in [3.8, 4) is 0 Å². The Morgan fingerprint density at radius 2 is 1.76 bits per heavy atom. The van der Waals surface area contributed by atoms with Crippen molar-refractivity contribution in [1.82, 2.24) is 9.71 Å². The van der Waals surface area contributed by atoms with Crippen molar-refractivity contribution in [2.24, 2.45) is 5.92 Å². The second kappa shape index (κ2) is 11.2. The summed E-state index contributed by atoms with van der Waals surface area (Å²) >= 11 is 0. The number of aryl methyl sites for hydroxylation is 3. The molecule has 0 radical (unpaired) electrons. The molecule has 7 heteroatoms. The minimum absolute atomic E-state index is 0.0785. The van der Waals surface area contributed by atoms with E-state index in [1.165, 1.54) is 5.56 Å². The first kappa shape index (κ1) is 27.4. The number of sulfonamides is 1. The molecule has 1 saturated carbocycles. The Morgan fingerprint density at radius 3 is 2.54 bits per heavy atom. The summed E-state index contributed by atoms with van der Waals surface area (Å²) in [5.41, 5.74) is 6.64. The van der Waals surface area contributed by atoms with Crippen molar-refractivity contribution in [3.63, 3.8) is 0 Å². The minimum Gasteiger partial charge on any atom is -0.306 e. The molecule has 1 aromatic heterocycles. The van der Waals surface area contributed by atoms with Crippen LogP contribution in [0.15, 0.2) is 95.9 Å². The maximum absolute atomic E-state index is 14.1. The van der Waals surface area contributed by atoms with E-state index >= 15 is 0 Å². The van der Waals surface area contributed by atoms with Crippen LogP contribution < -0.4 is 9.62 Å². The van der Waals surface area contributed by atoms with E-state index in [2.05, 4.69) is 27.9 Å². The molecule has 1 N–H and O–H groups in total. The van der Waals surface area contributed by atoms with Gasteiger partial charge >= 0.3 is 0 Å². The molecule has 0 unspecified atom stereocenters. The fourth-order valence-corrected chi connectivity index (χ4v) is 7.35. The monoisotopic (exact) mass is 565 g/mol. The zero-order valence-corrected chi connectivity index (χ0v) is 24.3. The minimum atomic E-state index is -3.71. The van der Waals surface area contributed by atoms with Gasteiger partial charge in [-0.3, -0.25) is 9.78 Å². The Bertz CT molecular complexity index is 1690. The Kier molecular flexibility index (Phi) is 7.49. The van der Waals surface area contributed by atoms with Gasteiger partial charge in [-0.1, -0.05) is 54.6 Å². The van der Waals surface area contributed by atoms with Gasteiger partial charge in [0.05, 0.1) is 17.1 Å². The number of aromatic nitrogens is 1. The molecule has 210 valence electrons. The number of hydrogen-bond acceptors (Lipinski definition) is 4. The van der Waals surface area contributed by atoms with E-state index in [9.17, 15) is 13.2 Å². The van der Waals surface area contributed by atoms with E-state index in [1.54, 1.807) is 18.2 Å². The van der Waals surface area contributed by atoms with Gasteiger partial charge in [0.15, 0.2) is 0 Å². The maximum atomic E-state index is 14.1. The molecule has 2 aliphatic rings. The van der Waals surface area contributed by atoms with Gasteiger partial charge in [0.25, 0.3) is 0 Å². The van der Waals surface area contributed by atoms with E-state index in [-0.39, 0.29) is 28.7 Å². The molecule has 4 aromatic rings. The van der Waals surface area contributed by atoms with Gasteiger partial charge in [0, 0.05) is 23.3 Å². The Labute approximate surface area is 242 Å². The SMILES string of the molecule is Cc1cccc(S(=O)(=O)N[C@H]2CCCc3ccc(N(Cc4cccc(C)n4)C(=O)[C@H]4C[C@@H]4c4ccccc4)cc32)c1. The molecule has 0 spiro atoms. The van der Waals surface area contributed by atoms with Gasteiger partial charge in [0.2, 0.25) is 15.9 Å². The summed E-state index contributed by atoms with van der Waals surface area (Å²) in [7, 11) is -3.71. The molecule has 0 aliphatic heterocycles. The van der Waals surface area contributed by atoms with Crippen molar-refractivity contribution in [1.29, 1.82) is 0 Å². The summed E-state index contributed by atoms with van der Waals surface area (Å²) in [4.78, 5) is 20.9. The standard InChI is InChI=1S/C34H35N3O3S/c1-23-9-6-15-29(19-23)41(39,40)36-33-16-8-13-26-17-18-28(20-31(26)33)37(22-27-14-7-10-24(2)35-27)34(38)32-21-30(32)25-11-4-3-5-12-25/h3-7,9-12,14-15,17-20,30,32-33,36H,8,13,16,21-22H2,1-2H3/t30-,32+,33+/m1/s1. The average molecular weight is 566 g/mol. The Hall–Kier alpha value is -3.81. The molecule has 2 aliphatic carbocycles. The zero-order chi connectivity index (χ0) is 28.6. The number of anilines is 1. The van der Waals surface area contributed by atoms with Crippen molar-refractivity contribution in [3.05, 3.63) is 125 Å². The van der Waals surface area contributed by atoms with Crippen LogP contribution in [-0.4, -0.2) is 19.3 Å². The van der Waals surface area contributed by atoms with Crippen LogP contribution in [0.5, 0.6) is 0 Å². The smallest absolute Gasteiger partial charge is 0.241 e. The van der Waals surface area contributed by atoms with E-state index in [1.807, 2.05) is 73.3 Å². The normalized spacial score (nSPS) is 19.8. The Morgan fingerprint density at radius 1 is 0.951 bits per heavy atom. The summed E-state index contributed by atoms with van der Waals surface area (Å²) in [6, 6.07) is 28.8. The molecule has 6 nitrogen and oxygen atoms in total. The molecular weight excluding hydrogens is 530 g/mol. The number of amides is 1. The van der Waals surface area contributed by atoms with Gasteiger partial charge in [0.1, 0.15) is 0 Å². The third-order valence-corrected chi connectivity index (χ3v) is 9.69. The van der Waals surface area contributed by atoms with Gasteiger partial charge in [-0.25, -0.2) is 13.1 Å². The Balaban J connectivity index is 1.32. The first-order valence-electron chi connectivity index (χ1n) is 14.3. The number of nitrogens with zero attached hydrogens (tertiary/aromatic N) is 2. The lowest BCUT2D eigenvalue weighted by Crippen LogP contribution is -2.34. The molecule has 0 saturated heterocycles. The number of benzene rings is 3. The predicted octanol–water partition coefficient (Wildman–Crippen LogP) is 6.39. The van der Waals surface area contributed by atoms with E-state index < -0.39 is 10.0 Å². The molecule has 1 fully saturated rings. The molecule has 3 aromatic carbocycles. The van der Waals surface area contributed by atoms with Crippen LogP contribution in [0.3, 0.4) is 0 Å². The van der Waals surface area contributed by atoms with Crippen LogP contribution in [0, 0.1) is 19.8 Å². The second-order valence-corrected chi connectivity index (χ2v) is 13.0. The van der Waals surface area contributed by atoms with Crippen molar-refractivity contribution in [2.75, 3.05) is 4.90 Å². The zero-order valence-electron chi connectivity index (χ0n) is 23.5. The lowest BCUT2D eigenvalue weighted by atomic mass is 9.87. The van der Waals surface area contributed by atoms with Crippen LogP contribution in [-0.2, 0) is 27.8 Å². The van der Waals surface area contributed by atoms with E-state index in [0.717, 1.165) is 53.0 Å². The van der Waals surface area contributed by atoms with Crippen LogP contribution in [0.4, 0.5) is 5.69 Å². The third kappa shape index (κ3) is 5.97. The summed E-state index contributed by atoms with van der Waals surface area (Å²) in [6.07, 6.45) is 3.30. The van der Waals surface area contributed by atoms with Crippen LogP contribution in [0.1, 0.15) is 64.9 Å². The fourth-order valence-electron chi connectivity index (χ4n) is 6.00. The average Bonchev–Trinajstić information content (AvgIpc) is 3.77. The summed E-state index contributed by atoms with van der Waals surface area (Å²) in [5, 5.41) is 0. The largest absolute Gasteiger partial charge is 0.306 e. The summed E-state index contributed by atoms with van der Waals surface area (Å²) in [6.45, 7) is 4.20. The molecule has 0 bridgehead atoms. The third-order valence-electron chi connectivity index (χ3n) is 8.22. The van der Waals surface area contributed by atoms with Gasteiger partial charge in [-0.05, 0) is 104 Å². The topological polar surface area (TPSA) is 79.4 Å². The number of fused-ring (bicyclic) bond motifs is 1. The van der Waals surface area contributed by atoms with Crippen molar-refractivity contribution >= 4 is 21.6 Å². The van der Waals surface area contributed by atoms with Crippen LogP contribution >= 0.6 is 0 Å². The first-order valence-corrected chi connectivity index (χ1v) is 15.8.